The highest BCUT2D eigenvalue weighted by atomic mass is 19.2. The second kappa shape index (κ2) is 5.28. The first-order valence-corrected chi connectivity index (χ1v) is 7.26. The smallest absolute Gasteiger partial charge is 0.182 e. The Morgan fingerprint density at radius 1 is 1.15 bits per heavy atom. The van der Waals surface area contributed by atoms with Gasteiger partial charge in [-0.05, 0) is 32.2 Å². The second-order valence-electron chi connectivity index (χ2n) is 5.74. The van der Waals surface area contributed by atoms with Gasteiger partial charge in [-0.3, -0.25) is 0 Å². The topological polar surface area (TPSA) is 15.3 Å². The van der Waals surface area contributed by atoms with Crippen LogP contribution in [0.5, 0.6) is 0 Å². The molecule has 1 N–H and O–H groups in total. The van der Waals surface area contributed by atoms with Crippen LogP contribution in [0.15, 0.2) is 12.1 Å². The number of anilines is 1. The van der Waals surface area contributed by atoms with Gasteiger partial charge in [-0.15, -0.1) is 0 Å². The van der Waals surface area contributed by atoms with Gasteiger partial charge in [0.15, 0.2) is 11.6 Å². The van der Waals surface area contributed by atoms with E-state index >= 15 is 0 Å². The molecule has 2 fully saturated rings. The van der Waals surface area contributed by atoms with Crippen molar-refractivity contribution in [3.05, 3.63) is 29.6 Å². The molecule has 2 unspecified atom stereocenters. The van der Waals surface area contributed by atoms with E-state index in [-0.39, 0.29) is 17.8 Å². The number of nitrogens with zero attached hydrogens (tertiary/aromatic N) is 1. The van der Waals surface area contributed by atoms with Crippen LogP contribution in [-0.4, -0.2) is 24.7 Å². The molecule has 1 aromatic carbocycles. The highest BCUT2D eigenvalue weighted by Crippen LogP contribution is 2.40. The lowest BCUT2D eigenvalue weighted by molar-refractivity contribution is 0.357. The van der Waals surface area contributed by atoms with Crippen LogP contribution in [0, 0.1) is 17.5 Å². The van der Waals surface area contributed by atoms with E-state index in [1.807, 2.05) is 4.90 Å². The molecule has 110 valence electrons. The van der Waals surface area contributed by atoms with Gasteiger partial charge < -0.3 is 10.2 Å². The third kappa shape index (κ3) is 2.28. The fourth-order valence-electron chi connectivity index (χ4n) is 3.76. The molecule has 5 heteroatoms. The number of hydrogen-bond acceptors (Lipinski definition) is 2. The average molecular weight is 284 g/mol. The lowest BCUT2D eigenvalue weighted by Gasteiger charge is -2.41. The monoisotopic (exact) mass is 284 g/mol. The number of nitrogens with one attached hydrogen (secondary N) is 1. The first-order chi connectivity index (χ1) is 9.60. The molecule has 0 radical (unpaired) electrons. The van der Waals surface area contributed by atoms with Gasteiger partial charge in [-0.2, -0.15) is 0 Å². The molecule has 2 saturated heterocycles. The molecule has 2 aliphatic heterocycles. The fourth-order valence-corrected chi connectivity index (χ4v) is 3.76. The number of piperidine rings is 1. The number of fused-ring (bicyclic) bond motifs is 2. The molecule has 2 heterocycles. The molecule has 0 saturated carbocycles. The van der Waals surface area contributed by atoms with Crippen LogP contribution in [0.25, 0.3) is 0 Å². The van der Waals surface area contributed by atoms with Gasteiger partial charge in [0.25, 0.3) is 0 Å². The van der Waals surface area contributed by atoms with Crippen molar-refractivity contribution in [2.75, 3.05) is 11.4 Å². The molecule has 1 aromatic rings. The van der Waals surface area contributed by atoms with Gasteiger partial charge in [0.2, 0.25) is 0 Å². The van der Waals surface area contributed by atoms with E-state index in [1.54, 1.807) is 0 Å². The van der Waals surface area contributed by atoms with Crippen molar-refractivity contribution in [1.29, 1.82) is 0 Å². The zero-order valence-electron chi connectivity index (χ0n) is 11.5. The second-order valence-corrected chi connectivity index (χ2v) is 5.74. The molecular weight excluding hydrogens is 265 g/mol. The summed E-state index contributed by atoms with van der Waals surface area (Å²) in [6.45, 7) is 2.98. The molecule has 0 aliphatic carbocycles. The summed E-state index contributed by atoms with van der Waals surface area (Å²) >= 11 is 0. The van der Waals surface area contributed by atoms with Crippen LogP contribution in [0.2, 0.25) is 0 Å². The first-order valence-electron chi connectivity index (χ1n) is 7.26. The first kappa shape index (κ1) is 13.7. The zero-order valence-corrected chi connectivity index (χ0v) is 11.5. The Morgan fingerprint density at radius 2 is 1.80 bits per heavy atom. The molecule has 20 heavy (non-hydrogen) atoms. The maximum atomic E-state index is 14.0. The predicted octanol–water partition coefficient (Wildman–Crippen LogP) is 3.21. The normalized spacial score (nSPS) is 29.0. The standard InChI is InChI=1S/C15H19F3N2/c1-2-19-10-7-11-3-4-12(8-10)20(11)14-6-9(16)5-13(17)15(14)18/h5-6,10-12,19H,2-4,7-8H2,1H3. The summed E-state index contributed by atoms with van der Waals surface area (Å²) in [5, 5.41) is 3.43. The van der Waals surface area contributed by atoms with Crippen molar-refractivity contribution in [2.24, 2.45) is 0 Å². The summed E-state index contributed by atoms with van der Waals surface area (Å²) in [4.78, 5) is 1.90. The highest BCUT2D eigenvalue weighted by Gasteiger charge is 2.41. The number of hydrogen-bond donors (Lipinski definition) is 1. The van der Waals surface area contributed by atoms with Gasteiger partial charge in [-0.25, -0.2) is 13.2 Å². The molecular formula is C15H19F3N2. The van der Waals surface area contributed by atoms with Gasteiger partial charge in [0.05, 0.1) is 5.69 Å². The van der Waals surface area contributed by atoms with Crippen molar-refractivity contribution < 1.29 is 13.2 Å². The molecule has 2 atom stereocenters. The summed E-state index contributed by atoms with van der Waals surface area (Å²) in [5.74, 6) is -2.74. The van der Waals surface area contributed by atoms with Crippen molar-refractivity contribution in [2.45, 2.75) is 50.7 Å². The Balaban J connectivity index is 1.89. The Kier molecular flexibility index (Phi) is 3.63. The largest absolute Gasteiger partial charge is 0.363 e. The molecule has 2 bridgehead atoms. The van der Waals surface area contributed by atoms with Gasteiger partial charge >= 0.3 is 0 Å². The molecule has 0 spiro atoms. The maximum absolute atomic E-state index is 14.0. The minimum atomic E-state index is -1.10. The zero-order chi connectivity index (χ0) is 14.3. The van der Waals surface area contributed by atoms with E-state index in [4.69, 9.17) is 0 Å². The summed E-state index contributed by atoms with van der Waals surface area (Å²) in [6, 6.07) is 2.50. The van der Waals surface area contributed by atoms with E-state index < -0.39 is 17.5 Å². The summed E-state index contributed by atoms with van der Waals surface area (Å²) in [6.07, 6.45) is 3.73. The molecule has 0 aromatic heterocycles. The van der Waals surface area contributed by atoms with Crippen molar-refractivity contribution >= 4 is 5.69 Å². The van der Waals surface area contributed by atoms with Crippen molar-refractivity contribution in [3.8, 4) is 0 Å². The quantitative estimate of drug-likeness (QED) is 0.857. The molecule has 0 amide bonds. The molecule has 3 rings (SSSR count). The van der Waals surface area contributed by atoms with E-state index in [0.29, 0.717) is 12.1 Å². The van der Waals surface area contributed by atoms with Crippen LogP contribution in [0.3, 0.4) is 0 Å². The van der Waals surface area contributed by atoms with Crippen LogP contribution in [0.1, 0.15) is 32.6 Å². The van der Waals surface area contributed by atoms with Crippen molar-refractivity contribution in [3.63, 3.8) is 0 Å². The number of benzene rings is 1. The van der Waals surface area contributed by atoms with Crippen LogP contribution in [0.4, 0.5) is 18.9 Å². The molecule has 2 nitrogen and oxygen atoms in total. The van der Waals surface area contributed by atoms with E-state index in [9.17, 15) is 13.2 Å². The maximum Gasteiger partial charge on any atom is 0.182 e. The number of rotatable bonds is 3. The fraction of sp³-hybridized carbons (Fsp3) is 0.600. The van der Waals surface area contributed by atoms with Crippen LogP contribution < -0.4 is 10.2 Å². The highest BCUT2D eigenvalue weighted by molar-refractivity contribution is 5.52. The van der Waals surface area contributed by atoms with Gasteiger partial charge in [0, 0.05) is 30.3 Å². The lowest BCUT2D eigenvalue weighted by atomic mass is 9.96. The average Bonchev–Trinajstić information content (AvgIpc) is 2.65. The third-order valence-electron chi connectivity index (χ3n) is 4.48. The van der Waals surface area contributed by atoms with Gasteiger partial charge in [0.1, 0.15) is 5.82 Å². The van der Waals surface area contributed by atoms with E-state index in [2.05, 4.69) is 12.2 Å². The summed E-state index contributed by atoms with van der Waals surface area (Å²) in [5.41, 5.74) is 0.0879. The molecule has 2 aliphatic rings. The Bertz CT molecular complexity index is 492. The summed E-state index contributed by atoms with van der Waals surface area (Å²) in [7, 11) is 0. The van der Waals surface area contributed by atoms with E-state index in [1.165, 1.54) is 0 Å². The third-order valence-corrected chi connectivity index (χ3v) is 4.48. The van der Waals surface area contributed by atoms with Gasteiger partial charge in [-0.1, -0.05) is 6.92 Å². The lowest BCUT2D eigenvalue weighted by Crippen LogP contribution is -2.49. The van der Waals surface area contributed by atoms with Crippen LogP contribution >= 0.6 is 0 Å². The number of halogens is 3. The Morgan fingerprint density at radius 3 is 2.40 bits per heavy atom. The minimum Gasteiger partial charge on any atom is -0.363 e. The van der Waals surface area contributed by atoms with Crippen molar-refractivity contribution in [1.82, 2.24) is 5.32 Å². The SMILES string of the molecule is CCNC1CC2CCC(C1)N2c1cc(F)cc(F)c1F. The van der Waals surface area contributed by atoms with E-state index in [0.717, 1.165) is 38.3 Å². The predicted molar refractivity (Wildman–Crippen MR) is 72.3 cm³/mol. The Hall–Kier alpha value is -1.23. The Labute approximate surface area is 117 Å². The minimum absolute atomic E-state index is 0.0879. The van der Waals surface area contributed by atoms with Crippen LogP contribution in [-0.2, 0) is 0 Å². The summed E-state index contributed by atoms with van der Waals surface area (Å²) < 4.78 is 40.8.